The van der Waals surface area contributed by atoms with Crippen molar-refractivity contribution in [1.29, 1.82) is 0 Å². The lowest BCUT2D eigenvalue weighted by Gasteiger charge is -2.50. The Labute approximate surface area is 126 Å². The lowest BCUT2D eigenvalue weighted by molar-refractivity contribution is -0.144. The first-order chi connectivity index (χ1) is 10.1. The number of carbonyl (C=O) groups excluding carboxylic acids is 1. The predicted octanol–water partition coefficient (Wildman–Crippen LogP) is 2.36. The molecule has 2 aliphatic rings. The van der Waals surface area contributed by atoms with E-state index in [1.807, 2.05) is 54.3 Å². The molecule has 1 amide bonds. The zero-order chi connectivity index (χ0) is 15.0. The van der Waals surface area contributed by atoms with Gasteiger partial charge in [-0.1, -0.05) is 49.4 Å². The summed E-state index contributed by atoms with van der Waals surface area (Å²) in [6.07, 6.45) is 4.26. The van der Waals surface area contributed by atoms with Crippen LogP contribution in [0.4, 0.5) is 0 Å². The Kier molecular flexibility index (Phi) is 3.62. The zero-order valence-electron chi connectivity index (χ0n) is 12.7. The van der Waals surface area contributed by atoms with E-state index < -0.39 is 11.5 Å². The number of aliphatic hydroxyl groups is 1. The fraction of sp³-hybridized carbons (Fsp3) is 0.500. The highest BCUT2D eigenvalue weighted by Gasteiger charge is 2.54. The van der Waals surface area contributed by atoms with Crippen molar-refractivity contribution >= 4 is 5.91 Å². The van der Waals surface area contributed by atoms with E-state index in [0.29, 0.717) is 0 Å². The van der Waals surface area contributed by atoms with Crippen molar-refractivity contribution in [3.8, 4) is 0 Å². The number of carbonyl (C=O) groups is 1. The topological polar surface area (TPSA) is 40.5 Å². The fourth-order valence-corrected chi connectivity index (χ4v) is 4.03. The van der Waals surface area contributed by atoms with Gasteiger partial charge in [-0.25, -0.2) is 0 Å². The summed E-state index contributed by atoms with van der Waals surface area (Å²) < 4.78 is 0. The van der Waals surface area contributed by atoms with Crippen molar-refractivity contribution < 1.29 is 9.90 Å². The van der Waals surface area contributed by atoms with Crippen LogP contribution in [0.15, 0.2) is 42.5 Å². The fourth-order valence-electron chi connectivity index (χ4n) is 4.03. The summed E-state index contributed by atoms with van der Waals surface area (Å²) in [5.74, 6) is 0.441. The van der Waals surface area contributed by atoms with Gasteiger partial charge in [-0.3, -0.25) is 4.79 Å². The Hall–Kier alpha value is -1.61. The van der Waals surface area contributed by atoms with Crippen molar-refractivity contribution in [2.45, 2.75) is 31.8 Å². The van der Waals surface area contributed by atoms with Gasteiger partial charge >= 0.3 is 0 Å². The average Bonchev–Trinajstić information content (AvgIpc) is 2.52. The van der Waals surface area contributed by atoms with Crippen molar-refractivity contribution in [3.63, 3.8) is 0 Å². The van der Waals surface area contributed by atoms with Crippen LogP contribution in [-0.2, 0) is 10.2 Å². The van der Waals surface area contributed by atoms with Crippen LogP contribution in [0.1, 0.15) is 25.8 Å². The highest BCUT2D eigenvalue weighted by molar-refractivity contribution is 5.92. The highest BCUT2D eigenvalue weighted by Crippen LogP contribution is 2.48. The average molecular weight is 285 g/mol. The lowest BCUT2D eigenvalue weighted by atomic mass is 9.58. The van der Waals surface area contributed by atoms with Crippen LogP contribution in [0.3, 0.4) is 0 Å². The summed E-state index contributed by atoms with van der Waals surface area (Å²) in [6, 6.07) is 10.0. The van der Waals surface area contributed by atoms with Crippen LogP contribution in [-0.4, -0.2) is 35.1 Å². The Balaban J connectivity index is 2.16. The third-order valence-electron chi connectivity index (χ3n) is 5.30. The molecular weight excluding hydrogens is 262 g/mol. The van der Waals surface area contributed by atoms with Gasteiger partial charge < -0.3 is 10.0 Å². The monoisotopic (exact) mass is 285 g/mol. The number of likely N-dealkylation sites (N-methyl/N-ethyl adjacent to an activating group) is 1. The minimum Gasteiger partial charge on any atom is -0.389 e. The molecule has 1 unspecified atom stereocenters. The largest absolute Gasteiger partial charge is 0.389 e. The SMILES string of the molecule is CCN1CC[C@H]2[C@H](C)C(O)C=C[C@]2(c2ccccc2)C1=O. The molecule has 0 aromatic heterocycles. The van der Waals surface area contributed by atoms with Crippen LogP contribution in [0.2, 0.25) is 0 Å². The van der Waals surface area contributed by atoms with E-state index in [-0.39, 0.29) is 17.7 Å². The first kappa shape index (κ1) is 14.3. The first-order valence-electron chi connectivity index (χ1n) is 7.83. The van der Waals surface area contributed by atoms with E-state index in [1.165, 1.54) is 0 Å². The van der Waals surface area contributed by atoms with Gasteiger partial charge in [0.05, 0.1) is 11.5 Å². The number of hydrogen-bond acceptors (Lipinski definition) is 2. The van der Waals surface area contributed by atoms with Gasteiger partial charge in [0, 0.05) is 13.1 Å². The van der Waals surface area contributed by atoms with E-state index in [1.54, 1.807) is 0 Å². The summed E-state index contributed by atoms with van der Waals surface area (Å²) in [5.41, 5.74) is 0.446. The van der Waals surface area contributed by atoms with E-state index in [9.17, 15) is 9.90 Å². The second kappa shape index (κ2) is 5.30. The summed E-state index contributed by atoms with van der Waals surface area (Å²) in [5, 5.41) is 10.2. The highest BCUT2D eigenvalue weighted by atomic mass is 16.3. The Morgan fingerprint density at radius 2 is 2.05 bits per heavy atom. The maximum atomic E-state index is 13.2. The summed E-state index contributed by atoms with van der Waals surface area (Å²) in [6.45, 7) is 5.62. The molecule has 1 N–H and O–H groups in total. The first-order valence-corrected chi connectivity index (χ1v) is 7.83. The quantitative estimate of drug-likeness (QED) is 0.847. The van der Waals surface area contributed by atoms with Crippen LogP contribution in [0, 0.1) is 11.8 Å². The normalized spacial score (nSPS) is 35.7. The molecule has 1 saturated heterocycles. The number of rotatable bonds is 2. The minimum absolute atomic E-state index is 0.0955. The number of fused-ring (bicyclic) bond motifs is 1. The van der Waals surface area contributed by atoms with E-state index in [2.05, 4.69) is 6.92 Å². The molecule has 3 rings (SSSR count). The smallest absolute Gasteiger partial charge is 0.237 e. The number of hydrogen-bond donors (Lipinski definition) is 1. The van der Waals surface area contributed by atoms with Crippen LogP contribution < -0.4 is 0 Å². The molecule has 1 aliphatic heterocycles. The number of likely N-dealkylation sites (tertiary alicyclic amines) is 1. The predicted molar refractivity (Wildman–Crippen MR) is 82.8 cm³/mol. The third kappa shape index (κ3) is 2.03. The van der Waals surface area contributed by atoms with Gasteiger partial charge in [-0.2, -0.15) is 0 Å². The van der Waals surface area contributed by atoms with Gasteiger partial charge in [0.25, 0.3) is 0 Å². The number of nitrogens with zero attached hydrogens (tertiary/aromatic N) is 1. The van der Waals surface area contributed by atoms with Gasteiger partial charge in [0.2, 0.25) is 5.91 Å². The zero-order valence-corrected chi connectivity index (χ0v) is 12.7. The van der Waals surface area contributed by atoms with Crippen LogP contribution in [0.25, 0.3) is 0 Å². The number of piperidine rings is 1. The third-order valence-corrected chi connectivity index (χ3v) is 5.30. The molecule has 0 spiro atoms. The molecule has 21 heavy (non-hydrogen) atoms. The molecule has 112 valence electrons. The Bertz CT molecular complexity index is 554. The second-order valence-electron chi connectivity index (χ2n) is 6.22. The van der Waals surface area contributed by atoms with Crippen molar-refractivity contribution in [3.05, 3.63) is 48.0 Å². The molecule has 1 fully saturated rings. The van der Waals surface area contributed by atoms with Gasteiger partial charge in [-0.15, -0.1) is 0 Å². The molecule has 4 atom stereocenters. The maximum Gasteiger partial charge on any atom is 0.237 e. The number of benzene rings is 1. The summed E-state index contributed by atoms with van der Waals surface area (Å²) in [7, 11) is 0. The molecule has 0 bridgehead atoms. The maximum absolute atomic E-state index is 13.2. The molecule has 3 nitrogen and oxygen atoms in total. The molecule has 1 aliphatic carbocycles. The lowest BCUT2D eigenvalue weighted by Crippen LogP contribution is -2.59. The van der Waals surface area contributed by atoms with Gasteiger partial charge in [0.15, 0.2) is 0 Å². The van der Waals surface area contributed by atoms with E-state index >= 15 is 0 Å². The molecule has 3 heteroatoms. The van der Waals surface area contributed by atoms with Crippen LogP contribution in [0.5, 0.6) is 0 Å². The second-order valence-corrected chi connectivity index (χ2v) is 6.22. The van der Waals surface area contributed by atoms with Gasteiger partial charge in [-0.05, 0) is 30.7 Å². The molecule has 0 radical (unpaired) electrons. The van der Waals surface area contributed by atoms with Gasteiger partial charge in [0.1, 0.15) is 0 Å². The standard InChI is InChI=1S/C18H23NO2/c1-3-19-12-10-15-13(2)16(20)9-11-18(15,17(19)21)14-7-5-4-6-8-14/h4-9,11,13,15-16,20H,3,10,12H2,1-2H3/t13-,15-,16?,18+/m0/s1. The Morgan fingerprint density at radius 3 is 2.71 bits per heavy atom. The minimum atomic E-state index is -0.603. The van der Waals surface area contributed by atoms with Crippen molar-refractivity contribution in [1.82, 2.24) is 4.90 Å². The van der Waals surface area contributed by atoms with Crippen molar-refractivity contribution in [2.75, 3.05) is 13.1 Å². The van der Waals surface area contributed by atoms with Crippen LogP contribution >= 0.6 is 0 Å². The number of amides is 1. The molecule has 1 aromatic rings. The molecule has 1 aromatic carbocycles. The van der Waals surface area contributed by atoms with E-state index in [4.69, 9.17) is 0 Å². The Morgan fingerprint density at radius 1 is 1.33 bits per heavy atom. The number of aliphatic hydroxyl groups excluding tert-OH is 1. The van der Waals surface area contributed by atoms with E-state index in [0.717, 1.165) is 25.1 Å². The summed E-state index contributed by atoms with van der Waals surface area (Å²) in [4.78, 5) is 15.1. The summed E-state index contributed by atoms with van der Waals surface area (Å²) >= 11 is 0. The molecule has 0 saturated carbocycles. The molecular formula is C18H23NO2. The molecule has 1 heterocycles. The van der Waals surface area contributed by atoms with Crippen molar-refractivity contribution in [2.24, 2.45) is 11.8 Å².